The van der Waals surface area contributed by atoms with Gasteiger partial charge < -0.3 is 11.1 Å². The highest BCUT2D eigenvalue weighted by Gasteiger charge is 2.18. The van der Waals surface area contributed by atoms with E-state index in [1.807, 2.05) is 6.07 Å². The highest BCUT2D eigenvalue weighted by molar-refractivity contribution is 8.04. The fourth-order valence-electron chi connectivity index (χ4n) is 1.56. The number of para-hydroxylation sites is 1. The molecule has 0 spiro atoms. The number of benzene rings is 1. The van der Waals surface area contributed by atoms with Gasteiger partial charge in [-0.05, 0) is 19.1 Å². The zero-order valence-electron chi connectivity index (χ0n) is 12.6. The molecule has 0 radical (unpaired) electrons. The first-order valence-electron chi connectivity index (χ1n) is 6.71. The second-order valence-electron chi connectivity index (χ2n) is 4.50. The number of nitriles is 1. The minimum Gasteiger partial charge on any atom is -0.369 e. The Morgan fingerprint density at radius 2 is 2.08 bits per heavy atom. The van der Waals surface area contributed by atoms with E-state index < -0.39 is 11.2 Å². The highest BCUT2D eigenvalue weighted by atomic mass is 32.2. The molecule has 2 aromatic rings. The molecule has 0 aliphatic rings. The average Bonchev–Trinajstić information content (AvgIpc) is 3.00. The molecule has 0 fully saturated rings. The predicted molar refractivity (Wildman–Crippen MR) is 94.9 cm³/mol. The molecule has 0 bridgehead atoms. The average molecular weight is 379 g/mol. The molecule has 0 aliphatic heterocycles. The summed E-state index contributed by atoms with van der Waals surface area (Å²) in [7, 11) is 0. The van der Waals surface area contributed by atoms with E-state index in [4.69, 9.17) is 11.0 Å². The van der Waals surface area contributed by atoms with Gasteiger partial charge in [-0.3, -0.25) is 9.59 Å². The van der Waals surface area contributed by atoms with E-state index in [9.17, 15) is 9.59 Å². The summed E-state index contributed by atoms with van der Waals surface area (Å²) in [5.74, 6) is -0.516. The maximum absolute atomic E-state index is 12.3. The predicted octanol–water partition coefficient (Wildman–Crippen LogP) is 2.11. The van der Waals surface area contributed by atoms with Crippen molar-refractivity contribution in [2.75, 3.05) is 11.1 Å². The first-order chi connectivity index (χ1) is 11.5. The zero-order chi connectivity index (χ0) is 17.5. The molecule has 1 heterocycles. The van der Waals surface area contributed by atoms with Crippen LogP contribution < -0.4 is 11.1 Å². The summed E-state index contributed by atoms with van der Waals surface area (Å²) >= 11 is 3.77. The molecule has 0 saturated carbocycles. The molecule has 124 valence electrons. The van der Waals surface area contributed by atoms with Crippen molar-refractivity contribution in [2.45, 2.75) is 20.9 Å². The van der Waals surface area contributed by atoms with Crippen molar-refractivity contribution in [1.82, 2.24) is 10.2 Å². The van der Waals surface area contributed by atoms with Gasteiger partial charge in [0.25, 0.3) is 0 Å². The number of hydrogen-bond acceptors (Lipinski definition) is 8. The van der Waals surface area contributed by atoms with E-state index in [0.29, 0.717) is 19.9 Å². The number of nitrogens with one attached hydrogen (secondary N) is 1. The number of rotatable bonds is 7. The Bertz CT molecular complexity index is 787. The summed E-state index contributed by atoms with van der Waals surface area (Å²) < 4.78 is 1.25. The summed E-state index contributed by atoms with van der Waals surface area (Å²) in [5, 5.41) is 19.3. The standard InChI is InChI=1S/C14H13N5O2S3/c1-8(12(21)17-10-5-3-2-4-9(10)6-15)23-14-19-18-13(24-14)22-7-11(16)20/h2-5,8H,7H2,1H3,(H2,16,20)(H,17,21)/t8-/m0/s1. The van der Waals surface area contributed by atoms with Crippen molar-refractivity contribution in [3.05, 3.63) is 29.8 Å². The SMILES string of the molecule is C[C@H](Sc1nnc(SCC(N)=O)s1)C(=O)Nc1ccccc1C#N. The van der Waals surface area contributed by atoms with Crippen molar-refractivity contribution in [1.29, 1.82) is 5.26 Å². The van der Waals surface area contributed by atoms with Gasteiger partial charge in [-0.1, -0.05) is 47.0 Å². The van der Waals surface area contributed by atoms with Crippen molar-refractivity contribution in [2.24, 2.45) is 5.73 Å². The number of hydrogen-bond donors (Lipinski definition) is 2. The largest absolute Gasteiger partial charge is 0.369 e. The number of nitrogens with zero attached hydrogens (tertiary/aromatic N) is 3. The van der Waals surface area contributed by atoms with Gasteiger partial charge in [0, 0.05) is 0 Å². The third-order valence-corrected chi connectivity index (χ3v) is 5.94. The lowest BCUT2D eigenvalue weighted by atomic mass is 10.2. The number of aromatic nitrogens is 2. The van der Waals surface area contributed by atoms with E-state index in [1.54, 1.807) is 31.2 Å². The molecule has 1 atom stereocenters. The van der Waals surface area contributed by atoms with E-state index in [0.717, 1.165) is 0 Å². The Labute approximate surface area is 151 Å². The van der Waals surface area contributed by atoms with E-state index in [-0.39, 0.29) is 11.7 Å². The third kappa shape index (κ3) is 5.23. The maximum Gasteiger partial charge on any atom is 0.237 e. The molecule has 1 aromatic heterocycles. The molecule has 0 aliphatic carbocycles. The van der Waals surface area contributed by atoms with E-state index in [2.05, 4.69) is 15.5 Å². The van der Waals surface area contributed by atoms with Gasteiger partial charge in [-0.2, -0.15) is 5.26 Å². The normalized spacial score (nSPS) is 11.5. The Kier molecular flexibility index (Phi) is 6.60. The lowest BCUT2D eigenvalue weighted by Gasteiger charge is -2.11. The molecular weight excluding hydrogens is 366 g/mol. The van der Waals surface area contributed by atoms with Crippen LogP contribution in [0.4, 0.5) is 5.69 Å². The fraction of sp³-hybridized carbons (Fsp3) is 0.214. The van der Waals surface area contributed by atoms with E-state index in [1.165, 1.54) is 34.9 Å². The summed E-state index contributed by atoms with van der Waals surface area (Å²) in [5.41, 5.74) is 5.97. The molecular formula is C14H13N5O2S3. The lowest BCUT2D eigenvalue weighted by molar-refractivity contribution is -0.116. The first-order valence-corrected chi connectivity index (χ1v) is 9.39. The topological polar surface area (TPSA) is 122 Å². The van der Waals surface area contributed by atoms with Crippen molar-refractivity contribution >= 4 is 52.4 Å². The van der Waals surface area contributed by atoms with Crippen molar-refractivity contribution in [3.63, 3.8) is 0 Å². The second-order valence-corrected chi connectivity index (χ2v) is 8.28. The Morgan fingerprint density at radius 3 is 2.79 bits per heavy atom. The van der Waals surface area contributed by atoms with Crippen LogP contribution in [0.25, 0.3) is 0 Å². The van der Waals surface area contributed by atoms with Crippen LogP contribution in [0.5, 0.6) is 0 Å². The van der Waals surface area contributed by atoms with Crippen LogP contribution in [0, 0.1) is 11.3 Å². The van der Waals surface area contributed by atoms with Crippen LogP contribution in [-0.2, 0) is 9.59 Å². The number of thioether (sulfide) groups is 2. The minimum atomic E-state index is -0.423. The number of nitrogens with two attached hydrogens (primary N) is 1. The third-order valence-electron chi connectivity index (χ3n) is 2.68. The lowest BCUT2D eigenvalue weighted by Crippen LogP contribution is -2.22. The zero-order valence-corrected chi connectivity index (χ0v) is 15.0. The van der Waals surface area contributed by atoms with Gasteiger partial charge in [0.2, 0.25) is 11.8 Å². The molecule has 1 aromatic carbocycles. The number of carbonyl (C=O) groups excluding carboxylic acids is 2. The van der Waals surface area contributed by atoms with Crippen LogP contribution in [0.2, 0.25) is 0 Å². The van der Waals surface area contributed by atoms with Crippen LogP contribution in [0.15, 0.2) is 32.9 Å². The summed E-state index contributed by atoms with van der Waals surface area (Å²) in [6, 6.07) is 8.84. The maximum atomic E-state index is 12.3. The molecule has 3 N–H and O–H groups in total. The van der Waals surface area contributed by atoms with Gasteiger partial charge in [0.05, 0.1) is 22.3 Å². The quantitative estimate of drug-likeness (QED) is 0.706. The Hall–Kier alpha value is -2.09. The van der Waals surface area contributed by atoms with Crippen LogP contribution >= 0.6 is 34.9 Å². The molecule has 10 heteroatoms. The smallest absolute Gasteiger partial charge is 0.237 e. The molecule has 7 nitrogen and oxygen atoms in total. The monoisotopic (exact) mass is 379 g/mol. The van der Waals surface area contributed by atoms with Crippen LogP contribution in [0.3, 0.4) is 0 Å². The molecule has 0 unspecified atom stereocenters. The fourth-order valence-corrected chi connectivity index (χ4v) is 4.47. The molecule has 2 amide bonds. The van der Waals surface area contributed by atoms with E-state index >= 15 is 0 Å². The minimum absolute atomic E-state index is 0.139. The highest BCUT2D eigenvalue weighted by Crippen LogP contribution is 2.31. The van der Waals surface area contributed by atoms with Crippen molar-refractivity contribution < 1.29 is 9.59 Å². The summed E-state index contributed by atoms with van der Waals surface area (Å²) in [6.45, 7) is 1.74. The Morgan fingerprint density at radius 1 is 1.38 bits per heavy atom. The van der Waals surface area contributed by atoms with Gasteiger partial charge in [-0.15, -0.1) is 10.2 Å². The number of primary amides is 1. The summed E-state index contributed by atoms with van der Waals surface area (Å²) in [6.07, 6.45) is 0. The van der Waals surface area contributed by atoms with Gasteiger partial charge in [-0.25, -0.2) is 0 Å². The van der Waals surface area contributed by atoms with Gasteiger partial charge in [0.1, 0.15) is 6.07 Å². The summed E-state index contributed by atoms with van der Waals surface area (Å²) in [4.78, 5) is 23.0. The Balaban J connectivity index is 1.94. The van der Waals surface area contributed by atoms with Gasteiger partial charge in [0.15, 0.2) is 8.68 Å². The number of carbonyl (C=O) groups is 2. The van der Waals surface area contributed by atoms with Crippen molar-refractivity contribution in [3.8, 4) is 6.07 Å². The molecule has 0 saturated heterocycles. The van der Waals surface area contributed by atoms with Crippen LogP contribution in [-0.4, -0.2) is 33.0 Å². The second kappa shape index (κ2) is 8.68. The van der Waals surface area contributed by atoms with Gasteiger partial charge >= 0.3 is 0 Å². The first kappa shape index (κ1) is 18.3. The number of amides is 2. The van der Waals surface area contributed by atoms with Crippen LogP contribution in [0.1, 0.15) is 12.5 Å². The number of anilines is 1. The molecule has 2 rings (SSSR count). The molecule has 24 heavy (non-hydrogen) atoms.